The van der Waals surface area contributed by atoms with Crippen LogP contribution in [-0.4, -0.2) is 20.2 Å². The van der Waals surface area contributed by atoms with Crippen molar-refractivity contribution in [3.05, 3.63) is 82.9 Å². The van der Waals surface area contributed by atoms with Crippen molar-refractivity contribution in [2.24, 2.45) is 0 Å². The Morgan fingerprint density at radius 1 is 0.806 bits per heavy atom. The smallest absolute Gasteiger partial charge is 0.338 e. The molecule has 0 unspecified atom stereocenters. The van der Waals surface area contributed by atoms with Crippen LogP contribution in [0, 0.1) is 13.8 Å². The van der Waals surface area contributed by atoms with Gasteiger partial charge >= 0.3 is 5.97 Å². The Labute approximate surface area is 181 Å². The van der Waals surface area contributed by atoms with E-state index in [9.17, 15) is 4.79 Å². The molecule has 5 heteroatoms. The van der Waals surface area contributed by atoms with Gasteiger partial charge in [-0.3, -0.25) is 0 Å². The Kier molecular flexibility index (Phi) is 5.89. The van der Waals surface area contributed by atoms with Gasteiger partial charge in [0.25, 0.3) is 0 Å². The van der Waals surface area contributed by atoms with Gasteiger partial charge in [0.1, 0.15) is 18.1 Å². The Morgan fingerprint density at radius 2 is 1.39 bits per heavy atom. The van der Waals surface area contributed by atoms with E-state index >= 15 is 0 Å². The average molecular weight is 416 g/mol. The minimum Gasteiger partial charge on any atom is -0.465 e. The molecule has 0 spiro atoms. The molecule has 158 valence electrons. The number of benzene rings is 4. The molecule has 0 aliphatic rings. The van der Waals surface area contributed by atoms with Crippen LogP contribution in [0.15, 0.2) is 60.7 Å². The van der Waals surface area contributed by atoms with Crippen molar-refractivity contribution in [3.8, 4) is 11.5 Å². The molecule has 0 heterocycles. The molecule has 0 bridgehead atoms. The van der Waals surface area contributed by atoms with Gasteiger partial charge in [0.05, 0.1) is 19.8 Å². The van der Waals surface area contributed by atoms with E-state index in [1.807, 2.05) is 68.4 Å². The molecular weight excluding hydrogens is 392 g/mol. The van der Waals surface area contributed by atoms with Gasteiger partial charge in [-0.25, -0.2) is 14.6 Å². The van der Waals surface area contributed by atoms with Gasteiger partial charge in [-0.2, -0.15) is 0 Å². The molecule has 4 rings (SSSR count). The summed E-state index contributed by atoms with van der Waals surface area (Å²) in [5.41, 5.74) is 3.12. The minimum atomic E-state index is -0.392. The SMILES string of the molecule is COOCc1cc2ccccc2c(Oc2c(C)c(C(=O)OC)cc3ccccc23)c1C. The number of methoxy groups -OCH3 is 1. The first-order valence-corrected chi connectivity index (χ1v) is 10.0. The zero-order chi connectivity index (χ0) is 22.0. The topological polar surface area (TPSA) is 54.0 Å². The summed E-state index contributed by atoms with van der Waals surface area (Å²) in [5.74, 6) is 0.969. The van der Waals surface area contributed by atoms with Gasteiger partial charge in [0.15, 0.2) is 0 Å². The third-order valence-electron chi connectivity index (χ3n) is 5.55. The van der Waals surface area contributed by atoms with Gasteiger partial charge in [-0.05, 0) is 47.9 Å². The molecule has 0 radical (unpaired) electrons. The number of carbonyl (C=O) groups is 1. The highest BCUT2D eigenvalue weighted by molar-refractivity contribution is 6.01. The first kappa shape index (κ1) is 20.8. The fraction of sp³-hybridized carbons (Fsp3) is 0.192. The third kappa shape index (κ3) is 3.85. The summed E-state index contributed by atoms with van der Waals surface area (Å²) in [6.45, 7) is 4.17. The summed E-state index contributed by atoms with van der Waals surface area (Å²) in [7, 11) is 2.87. The maximum Gasteiger partial charge on any atom is 0.338 e. The molecule has 31 heavy (non-hydrogen) atoms. The van der Waals surface area contributed by atoms with Gasteiger partial charge in [-0.1, -0.05) is 48.5 Å². The summed E-state index contributed by atoms with van der Waals surface area (Å²) in [5, 5.41) is 3.84. The van der Waals surface area contributed by atoms with Crippen molar-refractivity contribution in [1.29, 1.82) is 0 Å². The fourth-order valence-corrected chi connectivity index (χ4v) is 3.85. The second-order valence-corrected chi connectivity index (χ2v) is 7.33. The summed E-state index contributed by atoms with van der Waals surface area (Å²) < 4.78 is 11.6. The standard InChI is InChI=1S/C26H24O5/c1-16-20(15-30-29-4)13-18-9-5-7-11-21(18)24(16)31-25-17(2)23(26(27)28-3)14-19-10-6-8-12-22(19)25/h5-14H,15H2,1-4H3. The van der Waals surface area contributed by atoms with E-state index in [4.69, 9.17) is 19.2 Å². The number of hydrogen-bond acceptors (Lipinski definition) is 5. The third-order valence-corrected chi connectivity index (χ3v) is 5.55. The Hall–Kier alpha value is -3.41. The molecule has 0 aromatic heterocycles. The average Bonchev–Trinajstić information content (AvgIpc) is 2.80. The predicted octanol–water partition coefficient (Wildman–Crippen LogP) is 6.27. The molecule has 0 N–H and O–H groups in total. The highest BCUT2D eigenvalue weighted by Crippen LogP contribution is 2.41. The number of hydrogen-bond donors (Lipinski definition) is 0. The summed E-state index contributed by atoms with van der Waals surface area (Å²) in [6, 6.07) is 19.8. The number of carbonyl (C=O) groups excluding carboxylic acids is 1. The molecule has 5 nitrogen and oxygen atoms in total. The lowest BCUT2D eigenvalue weighted by atomic mass is 9.98. The van der Waals surface area contributed by atoms with Crippen molar-refractivity contribution >= 4 is 27.5 Å². The van der Waals surface area contributed by atoms with Crippen molar-refractivity contribution in [2.75, 3.05) is 14.2 Å². The number of ether oxygens (including phenoxy) is 2. The highest BCUT2D eigenvalue weighted by Gasteiger charge is 2.20. The van der Waals surface area contributed by atoms with Gasteiger partial charge < -0.3 is 9.47 Å². The van der Waals surface area contributed by atoms with Crippen LogP contribution in [0.4, 0.5) is 0 Å². The van der Waals surface area contributed by atoms with Gasteiger partial charge in [0, 0.05) is 16.3 Å². The first-order chi connectivity index (χ1) is 15.0. The van der Waals surface area contributed by atoms with Crippen LogP contribution in [0.3, 0.4) is 0 Å². The molecule has 0 aliphatic heterocycles. The normalized spacial score (nSPS) is 11.1. The van der Waals surface area contributed by atoms with E-state index in [0.717, 1.165) is 44.0 Å². The van der Waals surface area contributed by atoms with Crippen LogP contribution in [0.5, 0.6) is 11.5 Å². The number of rotatable bonds is 6. The number of fused-ring (bicyclic) bond motifs is 2. The Morgan fingerprint density at radius 3 is 2.00 bits per heavy atom. The predicted molar refractivity (Wildman–Crippen MR) is 121 cm³/mol. The molecule has 0 saturated carbocycles. The summed E-state index contributed by atoms with van der Waals surface area (Å²) in [4.78, 5) is 22.4. The van der Waals surface area contributed by atoms with Crippen molar-refractivity contribution in [1.82, 2.24) is 0 Å². The summed E-state index contributed by atoms with van der Waals surface area (Å²) in [6.07, 6.45) is 0. The van der Waals surface area contributed by atoms with Crippen LogP contribution in [-0.2, 0) is 21.1 Å². The quantitative estimate of drug-likeness (QED) is 0.211. The fourth-order valence-electron chi connectivity index (χ4n) is 3.85. The highest BCUT2D eigenvalue weighted by atomic mass is 17.2. The van der Waals surface area contributed by atoms with Crippen LogP contribution >= 0.6 is 0 Å². The van der Waals surface area contributed by atoms with Crippen molar-refractivity contribution in [3.63, 3.8) is 0 Å². The molecule has 0 amide bonds. The maximum absolute atomic E-state index is 12.4. The second kappa shape index (κ2) is 8.76. The van der Waals surface area contributed by atoms with E-state index in [-0.39, 0.29) is 0 Å². The Balaban J connectivity index is 1.96. The van der Waals surface area contributed by atoms with Crippen molar-refractivity contribution in [2.45, 2.75) is 20.5 Å². The molecule has 0 saturated heterocycles. The van der Waals surface area contributed by atoms with Crippen LogP contribution < -0.4 is 4.74 Å². The minimum absolute atomic E-state index is 0.297. The number of esters is 1. The zero-order valence-electron chi connectivity index (χ0n) is 18.0. The maximum atomic E-state index is 12.4. The van der Waals surface area contributed by atoms with E-state index in [1.54, 1.807) is 0 Å². The molecule has 4 aromatic carbocycles. The first-order valence-electron chi connectivity index (χ1n) is 10.0. The molecule has 0 fully saturated rings. The van der Waals surface area contributed by atoms with Crippen molar-refractivity contribution < 1.29 is 24.0 Å². The van der Waals surface area contributed by atoms with Crippen LogP contribution in [0.1, 0.15) is 27.0 Å². The summed E-state index contributed by atoms with van der Waals surface area (Å²) >= 11 is 0. The molecule has 4 aromatic rings. The van der Waals surface area contributed by atoms with Gasteiger partial charge in [-0.15, -0.1) is 0 Å². The Bertz CT molecular complexity index is 1280. The second-order valence-electron chi connectivity index (χ2n) is 7.33. The molecular formula is C26H24O5. The van der Waals surface area contributed by atoms with Crippen LogP contribution in [0.2, 0.25) is 0 Å². The van der Waals surface area contributed by atoms with Crippen LogP contribution in [0.25, 0.3) is 21.5 Å². The zero-order valence-corrected chi connectivity index (χ0v) is 18.0. The van der Waals surface area contributed by atoms with E-state index in [0.29, 0.717) is 17.9 Å². The van der Waals surface area contributed by atoms with E-state index in [2.05, 4.69) is 6.07 Å². The molecule has 0 aliphatic carbocycles. The lowest BCUT2D eigenvalue weighted by Gasteiger charge is -2.19. The van der Waals surface area contributed by atoms with E-state index < -0.39 is 5.97 Å². The lowest BCUT2D eigenvalue weighted by Crippen LogP contribution is -2.06. The largest absolute Gasteiger partial charge is 0.465 e. The monoisotopic (exact) mass is 416 g/mol. The van der Waals surface area contributed by atoms with Gasteiger partial charge in [0.2, 0.25) is 0 Å². The van der Waals surface area contributed by atoms with E-state index in [1.165, 1.54) is 14.2 Å². The molecule has 0 atom stereocenters. The lowest BCUT2D eigenvalue weighted by molar-refractivity contribution is -0.282.